The second kappa shape index (κ2) is 4.34. The molecule has 0 radical (unpaired) electrons. The zero-order valence-electron chi connectivity index (χ0n) is 12.2. The van der Waals surface area contributed by atoms with E-state index in [4.69, 9.17) is 0 Å². The minimum Gasteiger partial charge on any atom is -0.307 e. The van der Waals surface area contributed by atoms with Crippen LogP contribution in [0.1, 0.15) is 32.0 Å². The zero-order chi connectivity index (χ0) is 16.3. The summed E-state index contributed by atoms with van der Waals surface area (Å²) in [6.45, 7) is 5.44. The van der Waals surface area contributed by atoms with Crippen molar-refractivity contribution in [1.29, 1.82) is 0 Å². The number of fused-ring (bicyclic) bond motifs is 1. The predicted molar refractivity (Wildman–Crippen MR) is 77.5 cm³/mol. The van der Waals surface area contributed by atoms with E-state index < -0.39 is 22.8 Å². The number of pyridine rings is 1. The molecule has 7 heteroatoms. The molecule has 1 aliphatic carbocycles. The second-order valence-corrected chi connectivity index (χ2v) is 6.18. The highest BCUT2D eigenvalue weighted by molar-refractivity contribution is 5.96. The normalized spacial score (nSPS) is 15.1. The molecule has 22 heavy (non-hydrogen) atoms. The lowest BCUT2D eigenvalue weighted by Crippen LogP contribution is -2.25. The molecule has 0 aromatic carbocycles. The maximum Gasteiger partial charge on any atom is 0.417 e. The van der Waals surface area contributed by atoms with E-state index in [-0.39, 0.29) is 16.7 Å². The van der Waals surface area contributed by atoms with E-state index in [0.29, 0.717) is 11.6 Å². The topological polar surface area (TPSA) is 50.7 Å². The van der Waals surface area contributed by atoms with Crippen LogP contribution in [0.2, 0.25) is 0 Å². The number of aromatic nitrogens is 3. The Morgan fingerprint density at radius 2 is 1.86 bits per heavy atom. The fourth-order valence-electron chi connectivity index (χ4n) is 2.41. The molecule has 0 bridgehead atoms. The van der Waals surface area contributed by atoms with Gasteiger partial charge in [-0.1, -0.05) is 18.2 Å². The third-order valence-electron chi connectivity index (χ3n) is 3.44. The number of nitrogens with zero attached hydrogens (tertiary/aromatic N) is 2. The highest BCUT2D eigenvalue weighted by Crippen LogP contribution is 2.39. The molecule has 0 saturated heterocycles. The molecule has 2 aromatic rings. The Kier molecular flexibility index (Phi) is 2.89. The summed E-state index contributed by atoms with van der Waals surface area (Å²) in [7, 11) is 0. The van der Waals surface area contributed by atoms with Crippen LogP contribution in [0.15, 0.2) is 29.1 Å². The van der Waals surface area contributed by atoms with E-state index in [0.717, 1.165) is 0 Å². The fourth-order valence-corrected chi connectivity index (χ4v) is 2.41. The summed E-state index contributed by atoms with van der Waals surface area (Å²) in [5.41, 5.74) is -1.39. The van der Waals surface area contributed by atoms with Crippen molar-refractivity contribution in [2.24, 2.45) is 0 Å². The van der Waals surface area contributed by atoms with Crippen molar-refractivity contribution in [3.63, 3.8) is 0 Å². The number of nitrogens with one attached hydrogen (secondary N) is 1. The van der Waals surface area contributed by atoms with Crippen LogP contribution in [-0.2, 0) is 11.7 Å². The standard InChI is InChI=1S/C15H14F3N3O/c1-14(2,3)21-13-11(12(20-21)8-5-4-6-8)9(15(16,17)18)7-10(22)19-13/h4-7H,1-3H3,(H,19,22). The minimum absolute atomic E-state index is 0.0716. The van der Waals surface area contributed by atoms with E-state index >= 15 is 0 Å². The summed E-state index contributed by atoms with van der Waals surface area (Å²) in [4.78, 5) is 14.2. The van der Waals surface area contributed by atoms with Crippen molar-refractivity contribution in [3.8, 4) is 0 Å². The predicted octanol–water partition coefficient (Wildman–Crippen LogP) is 3.45. The molecule has 1 aliphatic rings. The van der Waals surface area contributed by atoms with Crippen molar-refractivity contribution in [2.45, 2.75) is 32.5 Å². The SMILES string of the molecule is CC(C)(C)n1nc(C2=CC=C2)c2c(C(F)(F)F)cc(=O)[nH]c21. The monoisotopic (exact) mass is 309 g/mol. The molecule has 2 heterocycles. The number of hydrogen-bond acceptors (Lipinski definition) is 2. The molecular formula is C15H14F3N3O. The van der Waals surface area contributed by atoms with Gasteiger partial charge in [0.2, 0.25) is 5.56 Å². The highest BCUT2D eigenvalue weighted by Gasteiger charge is 2.37. The maximum absolute atomic E-state index is 13.3. The number of allylic oxidation sites excluding steroid dienone is 4. The van der Waals surface area contributed by atoms with Gasteiger partial charge in [-0.2, -0.15) is 18.3 Å². The van der Waals surface area contributed by atoms with Crippen molar-refractivity contribution in [2.75, 3.05) is 0 Å². The maximum atomic E-state index is 13.3. The lowest BCUT2D eigenvalue weighted by Gasteiger charge is -2.20. The van der Waals surface area contributed by atoms with Crippen LogP contribution in [0.3, 0.4) is 0 Å². The third kappa shape index (κ3) is 2.17. The summed E-state index contributed by atoms with van der Waals surface area (Å²) in [6, 6.07) is 0.587. The van der Waals surface area contributed by atoms with Crippen molar-refractivity contribution in [3.05, 3.63) is 45.9 Å². The number of hydrogen-bond donors (Lipinski definition) is 1. The number of halogens is 3. The van der Waals surface area contributed by atoms with Gasteiger partial charge < -0.3 is 4.98 Å². The first-order chi connectivity index (χ1) is 10.1. The quantitative estimate of drug-likeness (QED) is 0.877. The summed E-state index contributed by atoms with van der Waals surface area (Å²) < 4.78 is 41.5. The van der Waals surface area contributed by atoms with Crippen LogP contribution in [0.4, 0.5) is 13.2 Å². The first-order valence-electron chi connectivity index (χ1n) is 6.71. The number of H-pyrrole nitrogens is 1. The van der Waals surface area contributed by atoms with E-state index in [1.807, 2.05) is 20.8 Å². The van der Waals surface area contributed by atoms with Crippen LogP contribution in [0.5, 0.6) is 0 Å². The fraction of sp³-hybridized carbons (Fsp3) is 0.333. The minimum atomic E-state index is -4.62. The zero-order valence-corrected chi connectivity index (χ0v) is 12.2. The molecule has 0 aliphatic heterocycles. The molecular weight excluding hydrogens is 295 g/mol. The highest BCUT2D eigenvalue weighted by atomic mass is 19.4. The first kappa shape index (κ1) is 14.6. The van der Waals surface area contributed by atoms with Gasteiger partial charge in [-0.3, -0.25) is 4.79 Å². The van der Waals surface area contributed by atoms with Crippen LogP contribution in [-0.4, -0.2) is 14.8 Å². The molecule has 1 N–H and O–H groups in total. The van der Waals surface area contributed by atoms with Gasteiger partial charge in [-0.15, -0.1) is 0 Å². The molecule has 2 aromatic heterocycles. The molecule has 0 saturated carbocycles. The van der Waals surface area contributed by atoms with Crippen LogP contribution in [0.25, 0.3) is 16.6 Å². The average molecular weight is 309 g/mol. The second-order valence-electron chi connectivity index (χ2n) is 6.18. The van der Waals surface area contributed by atoms with E-state index in [1.165, 1.54) is 4.68 Å². The molecule has 0 unspecified atom stereocenters. The number of aromatic amines is 1. The van der Waals surface area contributed by atoms with Crippen molar-refractivity contribution >= 4 is 16.6 Å². The molecule has 0 spiro atoms. The van der Waals surface area contributed by atoms with Gasteiger partial charge in [0, 0.05) is 11.6 Å². The van der Waals surface area contributed by atoms with Gasteiger partial charge in [0.15, 0.2) is 0 Å². The Morgan fingerprint density at radius 1 is 1.23 bits per heavy atom. The van der Waals surface area contributed by atoms with Gasteiger partial charge in [0.05, 0.1) is 16.5 Å². The summed E-state index contributed by atoms with van der Waals surface area (Å²) >= 11 is 0. The molecule has 116 valence electrons. The Bertz CT molecular complexity index is 876. The smallest absolute Gasteiger partial charge is 0.307 e. The van der Waals surface area contributed by atoms with Crippen LogP contribution >= 0.6 is 0 Å². The van der Waals surface area contributed by atoms with Crippen molar-refractivity contribution in [1.82, 2.24) is 14.8 Å². The summed E-state index contributed by atoms with van der Waals surface area (Å²) in [5, 5.41) is 4.25. The van der Waals surface area contributed by atoms with Gasteiger partial charge in [0.1, 0.15) is 11.3 Å². The Balaban J connectivity index is 2.47. The van der Waals surface area contributed by atoms with E-state index in [2.05, 4.69) is 10.1 Å². The Morgan fingerprint density at radius 3 is 2.32 bits per heavy atom. The molecule has 3 rings (SSSR count). The molecule has 0 fully saturated rings. The summed E-state index contributed by atoms with van der Waals surface area (Å²) in [5.74, 6) is 0. The van der Waals surface area contributed by atoms with Crippen LogP contribution < -0.4 is 5.56 Å². The van der Waals surface area contributed by atoms with E-state index in [1.54, 1.807) is 18.2 Å². The Hall–Kier alpha value is -2.31. The van der Waals surface area contributed by atoms with E-state index in [9.17, 15) is 18.0 Å². The van der Waals surface area contributed by atoms with Crippen LogP contribution in [0, 0.1) is 0 Å². The molecule has 0 atom stereocenters. The molecule has 0 amide bonds. The van der Waals surface area contributed by atoms with Crippen molar-refractivity contribution < 1.29 is 13.2 Å². The van der Waals surface area contributed by atoms with Gasteiger partial charge in [-0.25, -0.2) is 4.68 Å². The van der Waals surface area contributed by atoms with Gasteiger partial charge >= 0.3 is 6.18 Å². The number of alkyl halides is 3. The third-order valence-corrected chi connectivity index (χ3v) is 3.44. The average Bonchev–Trinajstić information content (AvgIpc) is 2.63. The molecule has 4 nitrogen and oxygen atoms in total. The largest absolute Gasteiger partial charge is 0.417 e. The van der Waals surface area contributed by atoms with Gasteiger partial charge in [-0.05, 0) is 20.8 Å². The first-order valence-corrected chi connectivity index (χ1v) is 6.71. The lowest BCUT2D eigenvalue weighted by atomic mass is 10.00. The summed E-state index contributed by atoms with van der Waals surface area (Å²) in [6.07, 6.45) is 0.497. The Labute approximate surface area is 123 Å². The lowest BCUT2D eigenvalue weighted by molar-refractivity contribution is -0.136. The number of rotatable bonds is 1. The van der Waals surface area contributed by atoms with Gasteiger partial charge in [0.25, 0.3) is 0 Å².